The number of carbonyl (C=O) groups is 2. The van der Waals surface area contributed by atoms with Gasteiger partial charge in [0, 0.05) is 30.4 Å². The van der Waals surface area contributed by atoms with E-state index in [1.54, 1.807) is 7.11 Å². The van der Waals surface area contributed by atoms with E-state index >= 15 is 0 Å². The highest BCUT2D eigenvalue weighted by atomic mass is 16.5. The van der Waals surface area contributed by atoms with Gasteiger partial charge in [-0.3, -0.25) is 4.79 Å². The predicted octanol–water partition coefficient (Wildman–Crippen LogP) is 4.29. The van der Waals surface area contributed by atoms with Crippen LogP contribution in [0.4, 0.5) is 10.5 Å². The molecule has 0 aliphatic carbocycles. The van der Waals surface area contributed by atoms with E-state index < -0.39 is 0 Å². The van der Waals surface area contributed by atoms with Crippen LogP contribution < -0.4 is 20.3 Å². The molecule has 0 unspecified atom stereocenters. The maximum atomic E-state index is 13.1. The van der Waals surface area contributed by atoms with Gasteiger partial charge in [-0.25, -0.2) is 4.79 Å². The van der Waals surface area contributed by atoms with Gasteiger partial charge >= 0.3 is 6.03 Å². The molecule has 164 valence electrons. The Morgan fingerprint density at radius 2 is 1.66 bits per heavy atom. The number of nitrogens with zero attached hydrogens (tertiary/aromatic N) is 1. The quantitative estimate of drug-likeness (QED) is 0.614. The summed E-state index contributed by atoms with van der Waals surface area (Å²) >= 11 is 0. The van der Waals surface area contributed by atoms with Crippen LogP contribution in [-0.4, -0.2) is 25.1 Å². The molecule has 1 aliphatic heterocycles. The molecule has 0 saturated heterocycles. The number of anilines is 1. The fraction of sp³-hybridized carbons (Fsp3) is 0.231. The van der Waals surface area contributed by atoms with Gasteiger partial charge in [0.2, 0.25) is 0 Å². The summed E-state index contributed by atoms with van der Waals surface area (Å²) in [6.45, 7) is 2.84. The minimum absolute atomic E-state index is 0.00186. The van der Waals surface area contributed by atoms with Crippen molar-refractivity contribution in [3.05, 3.63) is 95.1 Å². The fourth-order valence-corrected chi connectivity index (χ4v) is 4.00. The first-order valence-electron chi connectivity index (χ1n) is 10.7. The van der Waals surface area contributed by atoms with E-state index in [4.69, 9.17) is 4.74 Å². The van der Waals surface area contributed by atoms with Crippen LogP contribution in [0, 0.1) is 0 Å². The minimum atomic E-state index is -0.251. The van der Waals surface area contributed by atoms with Crippen LogP contribution in [0.15, 0.2) is 72.8 Å². The standard InChI is InChI=1S/C26H27N3O3/c1-18-13-22-12-11-20(15-24(22)29(18)25(30)21-8-4-3-5-9-21)17-28-26(31)27-16-19-7-6-10-23(14-19)32-2/h3-12,14-15,18H,13,16-17H2,1-2H3,(H2,27,28,31)/t18-/m0/s1. The molecule has 1 atom stereocenters. The number of hydrogen-bond donors (Lipinski definition) is 2. The molecule has 3 aromatic carbocycles. The number of amides is 3. The molecular formula is C26H27N3O3. The third-order valence-corrected chi connectivity index (χ3v) is 5.65. The summed E-state index contributed by atoms with van der Waals surface area (Å²) in [5.74, 6) is 0.754. The zero-order chi connectivity index (χ0) is 22.5. The lowest BCUT2D eigenvalue weighted by atomic mass is 10.1. The number of urea groups is 1. The lowest BCUT2D eigenvalue weighted by Crippen LogP contribution is -2.36. The zero-order valence-electron chi connectivity index (χ0n) is 18.3. The van der Waals surface area contributed by atoms with E-state index in [9.17, 15) is 9.59 Å². The first kappa shape index (κ1) is 21.4. The van der Waals surface area contributed by atoms with Crippen LogP contribution in [0.2, 0.25) is 0 Å². The molecule has 6 nitrogen and oxygen atoms in total. The van der Waals surface area contributed by atoms with Crippen LogP contribution in [0.25, 0.3) is 0 Å². The lowest BCUT2D eigenvalue weighted by Gasteiger charge is -2.23. The van der Waals surface area contributed by atoms with Crippen LogP contribution in [0.5, 0.6) is 5.75 Å². The summed E-state index contributed by atoms with van der Waals surface area (Å²) < 4.78 is 5.21. The van der Waals surface area contributed by atoms with Gasteiger partial charge in [-0.15, -0.1) is 0 Å². The van der Waals surface area contributed by atoms with Crippen LogP contribution in [-0.2, 0) is 19.5 Å². The highest BCUT2D eigenvalue weighted by molar-refractivity contribution is 6.07. The van der Waals surface area contributed by atoms with E-state index in [2.05, 4.69) is 23.6 Å². The second kappa shape index (κ2) is 9.56. The molecule has 3 amide bonds. The smallest absolute Gasteiger partial charge is 0.315 e. The third-order valence-electron chi connectivity index (χ3n) is 5.65. The SMILES string of the molecule is COc1cccc(CNC(=O)NCc2ccc3c(c2)N(C(=O)c2ccccc2)[C@@H](C)C3)c1. The average Bonchev–Trinajstić information content (AvgIpc) is 3.16. The molecule has 0 radical (unpaired) electrons. The Kier molecular flexibility index (Phi) is 6.40. The number of ether oxygens (including phenoxy) is 1. The molecule has 4 rings (SSSR count). The van der Waals surface area contributed by atoms with Gasteiger partial charge in [0.15, 0.2) is 0 Å². The van der Waals surface area contributed by atoms with Gasteiger partial charge in [0.05, 0.1) is 7.11 Å². The normalized spacial score (nSPS) is 14.6. The molecule has 3 aromatic rings. The number of methoxy groups -OCH3 is 1. The molecule has 0 bridgehead atoms. The molecule has 0 saturated carbocycles. The van der Waals surface area contributed by atoms with E-state index in [1.165, 1.54) is 0 Å². The van der Waals surface area contributed by atoms with Crippen molar-refractivity contribution >= 4 is 17.6 Å². The van der Waals surface area contributed by atoms with Crippen molar-refractivity contribution in [2.24, 2.45) is 0 Å². The zero-order valence-corrected chi connectivity index (χ0v) is 18.3. The summed E-state index contributed by atoms with van der Waals surface area (Å²) in [5, 5.41) is 5.75. The van der Waals surface area contributed by atoms with Crippen molar-refractivity contribution in [2.45, 2.75) is 32.5 Å². The summed E-state index contributed by atoms with van der Waals surface area (Å²) in [5.41, 5.74) is 4.64. The van der Waals surface area contributed by atoms with Crippen molar-refractivity contribution in [3.8, 4) is 5.75 Å². The Bertz CT molecular complexity index is 1110. The molecule has 0 fully saturated rings. The maximum Gasteiger partial charge on any atom is 0.315 e. The Morgan fingerprint density at radius 1 is 0.938 bits per heavy atom. The molecule has 2 N–H and O–H groups in total. The van der Waals surface area contributed by atoms with E-state index in [1.807, 2.05) is 71.6 Å². The van der Waals surface area contributed by atoms with E-state index in [0.29, 0.717) is 18.7 Å². The van der Waals surface area contributed by atoms with Gasteiger partial charge in [-0.1, -0.05) is 42.5 Å². The summed E-state index contributed by atoms with van der Waals surface area (Å²) in [4.78, 5) is 27.2. The monoisotopic (exact) mass is 429 g/mol. The number of rotatable bonds is 6. The van der Waals surface area contributed by atoms with Crippen molar-refractivity contribution in [3.63, 3.8) is 0 Å². The summed E-state index contributed by atoms with van der Waals surface area (Å²) in [6, 6.07) is 22.8. The van der Waals surface area contributed by atoms with Gasteiger partial charge in [-0.2, -0.15) is 0 Å². The fourth-order valence-electron chi connectivity index (χ4n) is 4.00. The highest BCUT2D eigenvalue weighted by Crippen LogP contribution is 2.34. The average molecular weight is 430 g/mol. The number of fused-ring (bicyclic) bond motifs is 1. The molecule has 1 heterocycles. The van der Waals surface area contributed by atoms with Crippen LogP contribution in [0.1, 0.15) is 34.0 Å². The number of nitrogens with one attached hydrogen (secondary N) is 2. The van der Waals surface area contributed by atoms with E-state index in [-0.39, 0.29) is 18.0 Å². The van der Waals surface area contributed by atoms with Gasteiger partial charge < -0.3 is 20.3 Å². The molecule has 6 heteroatoms. The largest absolute Gasteiger partial charge is 0.497 e. The van der Waals surface area contributed by atoms with Crippen molar-refractivity contribution in [1.29, 1.82) is 0 Å². The van der Waals surface area contributed by atoms with Gasteiger partial charge in [0.25, 0.3) is 5.91 Å². The van der Waals surface area contributed by atoms with Gasteiger partial charge in [-0.05, 0) is 60.4 Å². The number of carbonyl (C=O) groups excluding carboxylic acids is 2. The third kappa shape index (κ3) is 4.75. The topological polar surface area (TPSA) is 70.7 Å². The first-order valence-corrected chi connectivity index (χ1v) is 10.7. The predicted molar refractivity (Wildman–Crippen MR) is 125 cm³/mol. The Hall–Kier alpha value is -3.80. The minimum Gasteiger partial charge on any atom is -0.497 e. The Labute approximate surface area is 188 Å². The number of benzene rings is 3. The summed E-state index contributed by atoms with van der Waals surface area (Å²) in [7, 11) is 1.62. The summed E-state index contributed by atoms with van der Waals surface area (Å²) in [6.07, 6.45) is 0.822. The molecule has 1 aliphatic rings. The lowest BCUT2D eigenvalue weighted by molar-refractivity contribution is 0.0981. The second-order valence-corrected chi connectivity index (χ2v) is 7.95. The maximum absolute atomic E-state index is 13.1. The second-order valence-electron chi connectivity index (χ2n) is 7.95. The number of hydrogen-bond acceptors (Lipinski definition) is 3. The van der Waals surface area contributed by atoms with Crippen LogP contribution >= 0.6 is 0 Å². The Balaban J connectivity index is 1.39. The molecule has 32 heavy (non-hydrogen) atoms. The molecular weight excluding hydrogens is 402 g/mol. The van der Waals surface area contributed by atoms with Crippen molar-refractivity contribution in [1.82, 2.24) is 10.6 Å². The highest BCUT2D eigenvalue weighted by Gasteiger charge is 2.31. The molecule has 0 spiro atoms. The van der Waals surface area contributed by atoms with Crippen molar-refractivity contribution < 1.29 is 14.3 Å². The van der Waals surface area contributed by atoms with Gasteiger partial charge in [0.1, 0.15) is 5.75 Å². The van der Waals surface area contributed by atoms with E-state index in [0.717, 1.165) is 34.5 Å². The molecule has 0 aromatic heterocycles. The first-order chi connectivity index (χ1) is 15.5. The Morgan fingerprint density at radius 3 is 2.38 bits per heavy atom. The van der Waals surface area contributed by atoms with Crippen molar-refractivity contribution in [2.75, 3.05) is 12.0 Å². The van der Waals surface area contributed by atoms with Crippen LogP contribution in [0.3, 0.4) is 0 Å².